The van der Waals surface area contributed by atoms with E-state index in [-0.39, 0.29) is 11.3 Å². The van der Waals surface area contributed by atoms with Crippen LogP contribution < -0.4 is 5.43 Å². The number of hydrazone groups is 1. The lowest BCUT2D eigenvalue weighted by Gasteiger charge is -2.05. The van der Waals surface area contributed by atoms with Crippen LogP contribution in [0.3, 0.4) is 0 Å². The lowest BCUT2D eigenvalue weighted by Crippen LogP contribution is -2.21. The molecule has 0 aliphatic rings. The van der Waals surface area contributed by atoms with Crippen LogP contribution in [0.15, 0.2) is 59.7 Å². The van der Waals surface area contributed by atoms with Gasteiger partial charge in [-0.1, -0.05) is 49.4 Å². The fraction of sp³-hybridized carbons (Fsp3) is 0.125. The Labute approximate surface area is 127 Å². The molecular weight excluding hydrogens is 282 g/mol. The number of rotatable bonds is 5. The zero-order chi connectivity index (χ0) is 15.9. The van der Waals surface area contributed by atoms with E-state index in [1.807, 2.05) is 37.3 Å². The highest BCUT2D eigenvalue weighted by Crippen LogP contribution is 2.17. The second kappa shape index (κ2) is 7.12. The molecule has 22 heavy (non-hydrogen) atoms. The maximum atomic E-state index is 12.1. The van der Waals surface area contributed by atoms with Gasteiger partial charge in [-0.05, 0) is 18.1 Å². The molecule has 0 heterocycles. The van der Waals surface area contributed by atoms with Crippen LogP contribution in [0.2, 0.25) is 0 Å². The number of carbonyl (C=O) groups is 1. The second-order valence-electron chi connectivity index (χ2n) is 4.49. The van der Waals surface area contributed by atoms with Gasteiger partial charge in [0.2, 0.25) is 0 Å². The number of hydrogen-bond acceptors (Lipinski definition) is 4. The predicted molar refractivity (Wildman–Crippen MR) is 83.8 cm³/mol. The third-order valence-electron chi connectivity index (χ3n) is 3.08. The van der Waals surface area contributed by atoms with Gasteiger partial charge in [0, 0.05) is 6.07 Å². The van der Waals surface area contributed by atoms with Crippen molar-refractivity contribution in [3.63, 3.8) is 0 Å². The van der Waals surface area contributed by atoms with Crippen LogP contribution in [0, 0.1) is 10.1 Å². The maximum absolute atomic E-state index is 12.1. The summed E-state index contributed by atoms with van der Waals surface area (Å²) in [6.45, 7) is 1.92. The number of nitrogens with one attached hydrogen (secondary N) is 1. The first-order valence-corrected chi connectivity index (χ1v) is 6.79. The van der Waals surface area contributed by atoms with Crippen molar-refractivity contribution in [3.8, 4) is 0 Å². The minimum absolute atomic E-state index is 0.0141. The van der Waals surface area contributed by atoms with E-state index in [4.69, 9.17) is 0 Å². The van der Waals surface area contributed by atoms with Gasteiger partial charge in [0.25, 0.3) is 11.6 Å². The van der Waals surface area contributed by atoms with Gasteiger partial charge in [-0.25, -0.2) is 5.43 Å². The average Bonchev–Trinajstić information content (AvgIpc) is 2.56. The third kappa shape index (κ3) is 3.54. The monoisotopic (exact) mass is 297 g/mol. The van der Waals surface area contributed by atoms with Gasteiger partial charge >= 0.3 is 0 Å². The molecule has 0 spiro atoms. The Morgan fingerprint density at radius 3 is 2.41 bits per heavy atom. The third-order valence-corrected chi connectivity index (χ3v) is 3.08. The summed E-state index contributed by atoms with van der Waals surface area (Å²) in [5.41, 5.74) is 3.73. The molecule has 0 saturated carbocycles. The molecule has 6 heteroatoms. The van der Waals surface area contributed by atoms with Gasteiger partial charge in [0.15, 0.2) is 0 Å². The lowest BCUT2D eigenvalue weighted by atomic mass is 10.1. The number of nitro groups is 1. The number of nitro benzene ring substituents is 1. The fourth-order valence-corrected chi connectivity index (χ4v) is 1.98. The summed E-state index contributed by atoms with van der Waals surface area (Å²) in [6, 6.07) is 15.2. The number of benzene rings is 2. The second-order valence-corrected chi connectivity index (χ2v) is 4.49. The van der Waals surface area contributed by atoms with Crippen molar-refractivity contribution in [2.24, 2.45) is 5.10 Å². The van der Waals surface area contributed by atoms with Gasteiger partial charge in [-0.2, -0.15) is 5.10 Å². The predicted octanol–water partition coefficient (Wildman–Crippen LogP) is 3.14. The molecule has 6 nitrogen and oxygen atoms in total. The Morgan fingerprint density at radius 1 is 1.14 bits per heavy atom. The number of nitrogens with zero attached hydrogens (tertiary/aromatic N) is 2. The van der Waals surface area contributed by atoms with E-state index >= 15 is 0 Å². The molecule has 112 valence electrons. The number of carbonyl (C=O) groups excluding carboxylic acids is 1. The van der Waals surface area contributed by atoms with E-state index in [0.717, 1.165) is 5.56 Å². The largest absolute Gasteiger partial charge is 0.282 e. The Bertz CT molecular complexity index is 712. The molecule has 2 aromatic rings. The highest BCUT2D eigenvalue weighted by molar-refractivity contribution is 6.03. The molecule has 0 fully saturated rings. The standard InChI is InChI=1S/C16H15N3O3/c1-2-14(12-8-4-3-5-9-12)17-18-16(20)13-10-6-7-11-15(13)19(21)22/h3-11H,2H2,1H3,(H,18,20). The van der Waals surface area contributed by atoms with Crippen molar-refractivity contribution in [2.45, 2.75) is 13.3 Å². The molecule has 0 unspecified atom stereocenters. The molecule has 0 atom stereocenters. The van der Waals surface area contributed by atoms with Crippen LogP contribution in [-0.2, 0) is 0 Å². The van der Waals surface area contributed by atoms with Crippen molar-refractivity contribution >= 4 is 17.3 Å². The first-order valence-electron chi connectivity index (χ1n) is 6.79. The molecule has 0 radical (unpaired) electrons. The Hall–Kier alpha value is -3.02. The number of hydrogen-bond donors (Lipinski definition) is 1. The van der Waals surface area contributed by atoms with E-state index in [2.05, 4.69) is 10.5 Å². The minimum atomic E-state index is -0.603. The molecule has 0 aliphatic carbocycles. The normalized spacial score (nSPS) is 11.0. The van der Waals surface area contributed by atoms with Gasteiger partial charge < -0.3 is 0 Å². The summed E-state index contributed by atoms with van der Waals surface area (Å²) in [6.07, 6.45) is 0.626. The summed E-state index contributed by atoms with van der Waals surface area (Å²) < 4.78 is 0. The smallest absolute Gasteiger partial charge is 0.267 e. The molecule has 2 aromatic carbocycles. The summed E-state index contributed by atoms with van der Waals surface area (Å²) >= 11 is 0. The molecule has 0 aromatic heterocycles. The van der Waals surface area contributed by atoms with Crippen LogP contribution in [0.25, 0.3) is 0 Å². The number of amides is 1. The van der Waals surface area contributed by atoms with Crippen molar-refractivity contribution < 1.29 is 9.72 Å². The van der Waals surface area contributed by atoms with Gasteiger partial charge in [-0.3, -0.25) is 14.9 Å². The molecular formula is C16H15N3O3. The summed E-state index contributed by atoms with van der Waals surface area (Å²) in [7, 11) is 0. The quantitative estimate of drug-likeness (QED) is 0.522. The summed E-state index contributed by atoms with van der Waals surface area (Å²) in [4.78, 5) is 22.4. The SMILES string of the molecule is CCC(=NNC(=O)c1ccccc1[N+](=O)[O-])c1ccccc1. The van der Waals surface area contributed by atoms with Crippen LogP contribution in [0.1, 0.15) is 29.3 Å². The Morgan fingerprint density at radius 2 is 1.77 bits per heavy atom. The van der Waals surface area contributed by atoms with Crippen molar-refractivity contribution in [1.82, 2.24) is 5.43 Å². The minimum Gasteiger partial charge on any atom is -0.267 e. The Kier molecular flexibility index (Phi) is 4.98. The lowest BCUT2D eigenvalue weighted by molar-refractivity contribution is -0.385. The average molecular weight is 297 g/mol. The molecule has 2 rings (SSSR count). The zero-order valence-corrected chi connectivity index (χ0v) is 12.0. The van der Waals surface area contributed by atoms with E-state index in [0.29, 0.717) is 12.1 Å². The Balaban J connectivity index is 2.22. The molecule has 1 N–H and O–H groups in total. The number of para-hydroxylation sites is 1. The molecule has 0 saturated heterocycles. The van der Waals surface area contributed by atoms with Crippen LogP contribution >= 0.6 is 0 Å². The van der Waals surface area contributed by atoms with Crippen molar-refractivity contribution in [1.29, 1.82) is 0 Å². The van der Waals surface area contributed by atoms with Crippen molar-refractivity contribution in [2.75, 3.05) is 0 Å². The van der Waals surface area contributed by atoms with E-state index < -0.39 is 10.8 Å². The van der Waals surface area contributed by atoms with Gasteiger partial charge in [0.05, 0.1) is 10.6 Å². The fourth-order valence-electron chi connectivity index (χ4n) is 1.98. The first-order chi connectivity index (χ1) is 10.6. The molecule has 0 aliphatic heterocycles. The summed E-state index contributed by atoms with van der Waals surface area (Å²) in [5, 5.41) is 15.0. The van der Waals surface area contributed by atoms with E-state index in [9.17, 15) is 14.9 Å². The van der Waals surface area contributed by atoms with E-state index in [1.54, 1.807) is 6.07 Å². The highest BCUT2D eigenvalue weighted by atomic mass is 16.6. The van der Waals surface area contributed by atoms with Crippen LogP contribution in [-0.4, -0.2) is 16.5 Å². The van der Waals surface area contributed by atoms with Gasteiger partial charge in [0.1, 0.15) is 5.56 Å². The topological polar surface area (TPSA) is 84.6 Å². The van der Waals surface area contributed by atoms with Crippen LogP contribution in [0.4, 0.5) is 5.69 Å². The maximum Gasteiger partial charge on any atom is 0.282 e. The summed E-state index contributed by atoms with van der Waals surface area (Å²) in [5.74, 6) is -0.603. The van der Waals surface area contributed by atoms with E-state index in [1.165, 1.54) is 18.2 Å². The first kappa shape index (κ1) is 15.4. The van der Waals surface area contributed by atoms with Crippen LogP contribution in [0.5, 0.6) is 0 Å². The van der Waals surface area contributed by atoms with Gasteiger partial charge in [-0.15, -0.1) is 0 Å². The van der Waals surface area contributed by atoms with Crippen molar-refractivity contribution in [3.05, 3.63) is 75.8 Å². The highest BCUT2D eigenvalue weighted by Gasteiger charge is 2.18. The molecule has 1 amide bonds. The molecule has 0 bridgehead atoms. The zero-order valence-electron chi connectivity index (χ0n) is 12.0.